The molecule has 0 spiro atoms. The average molecular weight is 281 g/mol. The fraction of sp³-hybridized carbons (Fsp3) is 0.500. The molecule has 0 aliphatic rings. The second kappa shape index (κ2) is 6.36. The number of furan rings is 1. The van der Waals surface area contributed by atoms with Gasteiger partial charge in [-0.15, -0.1) is 11.6 Å². The van der Waals surface area contributed by atoms with Crippen molar-refractivity contribution in [3.63, 3.8) is 0 Å². The van der Waals surface area contributed by atoms with Gasteiger partial charge in [0.15, 0.2) is 0 Å². The average Bonchev–Trinajstić information content (AvgIpc) is 2.76. The van der Waals surface area contributed by atoms with E-state index in [2.05, 4.69) is 0 Å². The molecular weight excluding hydrogens is 267 g/mol. The van der Waals surface area contributed by atoms with Crippen LogP contribution in [0.1, 0.15) is 29.8 Å². The van der Waals surface area contributed by atoms with Gasteiger partial charge in [0.1, 0.15) is 6.26 Å². The van der Waals surface area contributed by atoms with E-state index in [0.29, 0.717) is 5.56 Å². The fourth-order valence-corrected chi connectivity index (χ4v) is 2.94. The molecule has 1 heterocycles. The molecule has 0 unspecified atom stereocenters. The number of hydrogen-bond donors (Lipinski definition) is 0. The maximum atomic E-state index is 12.2. The summed E-state index contributed by atoms with van der Waals surface area (Å²) in [5.74, 6) is 0.0931. The van der Waals surface area contributed by atoms with Crippen LogP contribution in [0.25, 0.3) is 0 Å². The molecule has 0 atom stereocenters. The molecule has 0 aromatic carbocycles. The molecule has 0 aliphatic carbocycles. The summed E-state index contributed by atoms with van der Waals surface area (Å²) in [6, 6.07) is 0. The second-order valence-electron chi connectivity index (χ2n) is 3.08. The van der Waals surface area contributed by atoms with Gasteiger partial charge < -0.3 is 13.5 Å². The van der Waals surface area contributed by atoms with E-state index in [1.54, 1.807) is 13.8 Å². The van der Waals surface area contributed by atoms with Crippen molar-refractivity contribution in [1.29, 1.82) is 0 Å². The van der Waals surface area contributed by atoms with Crippen molar-refractivity contribution in [2.75, 3.05) is 13.2 Å². The minimum absolute atomic E-state index is 0.0931. The number of rotatable bonds is 7. The molecular formula is C10H14ClO5P. The Morgan fingerprint density at radius 3 is 2.41 bits per heavy atom. The fourth-order valence-electron chi connectivity index (χ4n) is 1.26. The van der Waals surface area contributed by atoms with Gasteiger partial charge in [-0.2, -0.15) is 0 Å². The highest BCUT2D eigenvalue weighted by molar-refractivity contribution is 7.72. The van der Waals surface area contributed by atoms with Crippen LogP contribution in [-0.4, -0.2) is 18.7 Å². The molecule has 0 fully saturated rings. The quantitative estimate of drug-likeness (QED) is 0.565. The van der Waals surface area contributed by atoms with Crippen molar-refractivity contribution in [2.24, 2.45) is 0 Å². The lowest BCUT2D eigenvalue weighted by molar-refractivity contribution is 0.1000. The van der Waals surface area contributed by atoms with Gasteiger partial charge >= 0.3 is 7.60 Å². The summed E-state index contributed by atoms with van der Waals surface area (Å²) in [4.78, 5) is 12.1. The predicted octanol–water partition coefficient (Wildman–Crippen LogP) is 3.42. The summed E-state index contributed by atoms with van der Waals surface area (Å²) >= 11 is 5.64. The molecule has 17 heavy (non-hydrogen) atoms. The summed E-state index contributed by atoms with van der Waals surface area (Å²) in [5.41, 5.74) is -0.105. The first kappa shape index (κ1) is 14.5. The van der Waals surface area contributed by atoms with E-state index in [9.17, 15) is 9.36 Å². The first-order valence-corrected chi connectivity index (χ1v) is 7.21. The lowest BCUT2D eigenvalue weighted by Gasteiger charge is -2.14. The van der Waals surface area contributed by atoms with Gasteiger partial charge in [-0.25, -0.2) is 0 Å². The topological polar surface area (TPSA) is 65.7 Å². The number of halogens is 1. The Balaban J connectivity index is 3.04. The number of alkyl halides is 1. The van der Waals surface area contributed by atoms with Gasteiger partial charge in [0.25, 0.3) is 5.52 Å². The summed E-state index contributed by atoms with van der Waals surface area (Å²) < 4.78 is 27.0. The van der Waals surface area contributed by atoms with Crippen molar-refractivity contribution < 1.29 is 22.8 Å². The van der Waals surface area contributed by atoms with E-state index in [1.807, 2.05) is 0 Å². The van der Waals surface area contributed by atoms with Crippen LogP contribution < -0.4 is 0 Å². The smallest absolute Gasteiger partial charge is 0.401 e. The molecule has 5 nitrogen and oxygen atoms in total. The van der Waals surface area contributed by atoms with Gasteiger partial charge in [0.2, 0.25) is 0 Å². The second-order valence-corrected chi connectivity index (χ2v) is 5.27. The van der Waals surface area contributed by atoms with Crippen LogP contribution in [0.4, 0.5) is 0 Å². The van der Waals surface area contributed by atoms with Crippen molar-refractivity contribution in [3.05, 3.63) is 23.7 Å². The highest BCUT2D eigenvalue weighted by atomic mass is 35.5. The summed E-state index contributed by atoms with van der Waals surface area (Å²) in [6.45, 7) is 3.52. The molecule has 96 valence electrons. The Bertz CT molecular complexity index is 418. The zero-order valence-electron chi connectivity index (χ0n) is 9.64. The molecule has 0 saturated heterocycles. The standard InChI is InChI=1S/C10H14ClO5P/c1-3-15-17(13,16-4-2)10(12)9-7-14-6-8(9)5-11/h6-7H,3-5H2,1-2H3. The number of carbonyl (C=O) groups is 1. The van der Waals surface area contributed by atoms with E-state index >= 15 is 0 Å². The Morgan fingerprint density at radius 1 is 1.35 bits per heavy atom. The van der Waals surface area contributed by atoms with Gasteiger partial charge in [-0.05, 0) is 13.8 Å². The maximum Gasteiger partial charge on any atom is 0.401 e. The lowest BCUT2D eigenvalue weighted by atomic mass is 10.2. The molecule has 1 aromatic rings. The molecule has 0 N–H and O–H groups in total. The van der Waals surface area contributed by atoms with E-state index < -0.39 is 13.1 Å². The van der Waals surface area contributed by atoms with Gasteiger partial charge in [-0.1, -0.05) is 0 Å². The molecule has 1 rings (SSSR count). The molecule has 0 saturated carbocycles. The summed E-state index contributed by atoms with van der Waals surface area (Å²) in [5, 5.41) is 0. The summed E-state index contributed by atoms with van der Waals surface area (Å²) in [6.07, 6.45) is 2.53. The highest BCUT2D eigenvalue weighted by Crippen LogP contribution is 2.51. The Kier molecular flexibility index (Phi) is 5.40. The third kappa shape index (κ3) is 3.19. The van der Waals surface area contributed by atoms with Crippen molar-refractivity contribution in [1.82, 2.24) is 0 Å². The van der Waals surface area contributed by atoms with Crippen LogP contribution in [0.3, 0.4) is 0 Å². The molecule has 0 radical (unpaired) electrons. The SMILES string of the molecule is CCOP(=O)(OCC)C(=O)c1cocc1CCl. The van der Waals surface area contributed by atoms with Crippen molar-refractivity contribution >= 4 is 24.7 Å². The third-order valence-electron chi connectivity index (χ3n) is 1.96. The maximum absolute atomic E-state index is 12.2. The molecule has 7 heteroatoms. The molecule has 0 amide bonds. The van der Waals surface area contributed by atoms with Gasteiger partial charge in [0, 0.05) is 5.56 Å². The molecule has 1 aromatic heterocycles. The van der Waals surface area contributed by atoms with E-state index in [0.717, 1.165) is 0 Å². The zero-order valence-corrected chi connectivity index (χ0v) is 11.3. The van der Waals surface area contributed by atoms with Crippen LogP contribution in [-0.2, 0) is 19.5 Å². The van der Waals surface area contributed by atoms with Gasteiger partial charge in [0.05, 0.1) is 30.9 Å². The van der Waals surface area contributed by atoms with E-state index in [-0.39, 0.29) is 24.7 Å². The Labute approximate surface area is 105 Å². The van der Waals surface area contributed by atoms with E-state index in [4.69, 9.17) is 25.1 Å². The summed E-state index contributed by atoms with van der Waals surface area (Å²) in [7, 11) is -3.80. The first-order valence-electron chi connectivity index (χ1n) is 5.14. The Morgan fingerprint density at radius 2 is 1.94 bits per heavy atom. The minimum Gasteiger partial charge on any atom is -0.471 e. The van der Waals surface area contributed by atoms with Gasteiger partial charge in [-0.3, -0.25) is 9.36 Å². The molecule has 0 bridgehead atoms. The van der Waals surface area contributed by atoms with Crippen LogP contribution in [0.15, 0.2) is 16.9 Å². The monoisotopic (exact) mass is 280 g/mol. The largest absolute Gasteiger partial charge is 0.471 e. The van der Waals surface area contributed by atoms with Crippen LogP contribution in [0.5, 0.6) is 0 Å². The zero-order chi connectivity index (χ0) is 12.9. The normalized spacial score (nSPS) is 11.7. The van der Waals surface area contributed by atoms with Crippen LogP contribution in [0.2, 0.25) is 0 Å². The molecule has 0 aliphatic heterocycles. The van der Waals surface area contributed by atoms with Crippen LogP contribution in [0, 0.1) is 0 Å². The van der Waals surface area contributed by atoms with E-state index in [1.165, 1.54) is 12.5 Å². The van der Waals surface area contributed by atoms with Crippen molar-refractivity contribution in [2.45, 2.75) is 19.7 Å². The number of carbonyl (C=O) groups excluding carboxylic acids is 1. The predicted molar refractivity (Wildman–Crippen MR) is 63.5 cm³/mol. The number of hydrogen-bond acceptors (Lipinski definition) is 5. The minimum atomic E-state index is -3.80. The lowest BCUT2D eigenvalue weighted by Crippen LogP contribution is -2.08. The van der Waals surface area contributed by atoms with Crippen molar-refractivity contribution in [3.8, 4) is 0 Å². The first-order chi connectivity index (χ1) is 8.09. The Hall–Kier alpha value is -0.610. The third-order valence-corrected chi connectivity index (χ3v) is 4.19. The van der Waals surface area contributed by atoms with Crippen LogP contribution >= 0.6 is 19.2 Å². The highest BCUT2D eigenvalue weighted by Gasteiger charge is 2.37.